The molecule has 182 valence electrons. The Labute approximate surface area is 179 Å². The van der Waals surface area contributed by atoms with E-state index in [2.05, 4.69) is 19.0 Å². The van der Waals surface area contributed by atoms with E-state index in [9.17, 15) is 46.0 Å². The maximum Gasteiger partial charge on any atom is 0.573 e. The molecule has 0 fully saturated rings. The number of nitrogens with zero attached hydrogens (tertiary/aromatic N) is 1. The summed E-state index contributed by atoms with van der Waals surface area (Å²) in [6.45, 7) is -0.650. The Balaban J connectivity index is 2.19. The first-order chi connectivity index (χ1) is 15.2. The minimum Gasteiger partial charge on any atom is -0.475 e. The van der Waals surface area contributed by atoms with Gasteiger partial charge in [-0.2, -0.15) is 13.2 Å². The van der Waals surface area contributed by atoms with Crippen LogP contribution in [0.15, 0.2) is 17.7 Å². The Hall–Kier alpha value is -3.72. The van der Waals surface area contributed by atoms with Crippen molar-refractivity contribution >= 4 is 18.0 Å². The van der Waals surface area contributed by atoms with E-state index < -0.39 is 72.6 Å². The lowest BCUT2D eigenvalue weighted by atomic mass is 9.99. The Bertz CT molecular complexity index is 958. The van der Waals surface area contributed by atoms with Crippen LogP contribution < -0.4 is 9.47 Å². The molecule has 1 aliphatic heterocycles. The van der Waals surface area contributed by atoms with E-state index in [0.29, 0.717) is 12.1 Å². The van der Waals surface area contributed by atoms with Crippen LogP contribution in [0.25, 0.3) is 6.08 Å². The number of carbonyl (C=O) groups is 2. The number of aryl methyl sites for hydroxylation is 1. The van der Waals surface area contributed by atoms with Crippen molar-refractivity contribution in [1.29, 1.82) is 0 Å². The summed E-state index contributed by atoms with van der Waals surface area (Å²) in [5, 5.41) is 8.78. The first-order valence-corrected chi connectivity index (χ1v) is 8.63. The SMILES string of the molecule is Cc1cc(OC(F)(F)F)cc2c1O[C@H](C(F)(F)F)C(C(=O)OCOC(=O)CCO[N+](=O)[O-])=C2. The molecule has 1 aromatic rings. The third-order valence-corrected chi connectivity index (χ3v) is 3.79. The Morgan fingerprint density at radius 1 is 1.15 bits per heavy atom. The highest BCUT2D eigenvalue weighted by Gasteiger charge is 2.49. The van der Waals surface area contributed by atoms with Crippen molar-refractivity contribution in [2.45, 2.75) is 32.0 Å². The predicted octanol–water partition coefficient (Wildman–Crippen LogP) is 3.24. The number of hydrogen-bond acceptors (Lipinski definition) is 9. The van der Waals surface area contributed by atoms with Crippen LogP contribution in [0.5, 0.6) is 11.5 Å². The second-order valence-corrected chi connectivity index (χ2v) is 6.22. The quantitative estimate of drug-likeness (QED) is 0.178. The van der Waals surface area contributed by atoms with Crippen LogP contribution in [-0.4, -0.2) is 49.1 Å². The van der Waals surface area contributed by atoms with Crippen molar-refractivity contribution in [3.63, 3.8) is 0 Å². The molecule has 33 heavy (non-hydrogen) atoms. The average Bonchev–Trinajstić information content (AvgIpc) is 2.64. The predicted molar refractivity (Wildman–Crippen MR) is 90.9 cm³/mol. The molecule has 1 heterocycles. The van der Waals surface area contributed by atoms with E-state index in [1.54, 1.807) is 0 Å². The standard InChI is InChI=1S/C17H13F6NO9/c1-8-4-10(33-17(21,22)23)5-9-6-11(14(16(18,19)20)32-13(8)9)15(26)30-7-29-12(25)2-3-31-24(27)28/h4-6,14H,2-3,7H2,1H3/t14-/m0/s1. The molecular weight excluding hydrogens is 476 g/mol. The van der Waals surface area contributed by atoms with Gasteiger partial charge in [-0.1, -0.05) is 0 Å². The fraction of sp³-hybridized carbons (Fsp3) is 0.412. The van der Waals surface area contributed by atoms with Crippen LogP contribution in [0.1, 0.15) is 17.5 Å². The van der Waals surface area contributed by atoms with Crippen molar-refractivity contribution in [2.75, 3.05) is 13.4 Å². The van der Waals surface area contributed by atoms with Crippen molar-refractivity contribution in [3.05, 3.63) is 38.9 Å². The molecule has 1 aromatic carbocycles. The molecule has 0 unspecified atom stereocenters. The minimum atomic E-state index is -5.12. The number of rotatable bonds is 8. The Morgan fingerprint density at radius 2 is 1.82 bits per heavy atom. The Kier molecular flexibility index (Phi) is 7.60. The lowest BCUT2D eigenvalue weighted by molar-refractivity contribution is -0.757. The summed E-state index contributed by atoms with van der Waals surface area (Å²) < 4.78 is 95.1. The summed E-state index contributed by atoms with van der Waals surface area (Å²) in [4.78, 5) is 37.3. The summed E-state index contributed by atoms with van der Waals surface area (Å²) in [5.41, 5.74) is -1.59. The van der Waals surface area contributed by atoms with Gasteiger partial charge in [0.05, 0.1) is 12.0 Å². The second kappa shape index (κ2) is 9.83. The van der Waals surface area contributed by atoms with E-state index in [0.717, 1.165) is 6.07 Å². The third kappa shape index (κ3) is 7.43. The van der Waals surface area contributed by atoms with E-state index in [1.807, 2.05) is 0 Å². The summed E-state index contributed by atoms with van der Waals surface area (Å²) in [6.07, 6.45) is -13.0. The second-order valence-electron chi connectivity index (χ2n) is 6.22. The number of halogens is 6. The molecule has 16 heteroatoms. The van der Waals surface area contributed by atoms with Gasteiger partial charge in [-0.05, 0) is 30.7 Å². The zero-order valence-electron chi connectivity index (χ0n) is 16.3. The van der Waals surface area contributed by atoms with Crippen LogP contribution in [0.4, 0.5) is 26.3 Å². The van der Waals surface area contributed by atoms with Crippen LogP contribution >= 0.6 is 0 Å². The molecule has 0 spiro atoms. The van der Waals surface area contributed by atoms with Gasteiger partial charge in [-0.25, -0.2) is 4.79 Å². The molecule has 0 saturated carbocycles. The Morgan fingerprint density at radius 3 is 2.39 bits per heavy atom. The summed E-state index contributed by atoms with van der Waals surface area (Å²) in [7, 11) is 0. The molecule has 0 N–H and O–H groups in total. The summed E-state index contributed by atoms with van der Waals surface area (Å²) in [5.74, 6) is -3.96. The minimum absolute atomic E-state index is 0.129. The number of ether oxygens (including phenoxy) is 4. The van der Waals surface area contributed by atoms with E-state index >= 15 is 0 Å². The molecule has 0 saturated heterocycles. The molecule has 1 atom stereocenters. The van der Waals surface area contributed by atoms with Crippen LogP contribution in [0.3, 0.4) is 0 Å². The number of alkyl halides is 6. The molecule has 0 amide bonds. The van der Waals surface area contributed by atoms with Gasteiger partial charge in [-0.3, -0.25) is 4.79 Å². The molecule has 0 radical (unpaired) electrons. The molecule has 0 bridgehead atoms. The number of esters is 2. The zero-order valence-corrected chi connectivity index (χ0v) is 16.3. The van der Waals surface area contributed by atoms with Gasteiger partial charge in [0.15, 0.2) is 0 Å². The molecule has 1 aliphatic rings. The maximum atomic E-state index is 13.4. The fourth-order valence-electron chi connectivity index (χ4n) is 2.57. The van der Waals surface area contributed by atoms with Crippen molar-refractivity contribution in [3.8, 4) is 11.5 Å². The van der Waals surface area contributed by atoms with Gasteiger partial charge in [-0.15, -0.1) is 23.3 Å². The van der Waals surface area contributed by atoms with Crippen molar-refractivity contribution in [2.24, 2.45) is 0 Å². The van der Waals surface area contributed by atoms with Crippen molar-refractivity contribution < 1.29 is 64.8 Å². The first kappa shape index (κ1) is 25.5. The van der Waals surface area contributed by atoms with Crippen LogP contribution in [0, 0.1) is 17.0 Å². The smallest absolute Gasteiger partial charge is 0.475 e. The van der Waals surface area contributed by atoms with E-state index in [-0.39, 0.29) is 11.1 Å². The lowest BCUT2D eigenvalue weighted by Gasteiger charge is -2.29. The van der Waals surface area contributed by atoms with Gasteiger partial charge >= 0.3 is 24.5 Å². The third-order valence-electron chi connectivity index (χ3n) is 3.79. The zero-order chi connectivity index (χ0) is 25.0. The topological polar surface area (TPSA) is 123 Å². The highest BCUT2D eigenvalue weighted by molar-refractivity contribution is 5.96. The van der Waals surface area contributed by atoms with Gasteiger partial charge < -0.3 is 23.8 Å². The lowest BCUT2D eigenvalue weighted by Crippen LogP contribution is -2.41. The maximum absolute atomic E-state index is 13.4. The van der Waals surface area contributed by atoms with Gasteiger partial charge in [0, 0.05) is 5.56 Å². The first-order valence-electron chi connectivity index (χ1n) is 8.63. The normalized spacial score (nSPS) is 15.5. The molecular formula is C17H13F6NO9. The van der Waals surface area contributed by atoms with Crippen LogP contribution in [0.2, 0.25) is 0 Å². The molecule has 0 aliphatic carbocycles. The highest BCUT2D eigenvalue weighted by atomic mass is 19.4. The van der Waals surface area contributed by atoms with Gasteiger partial charge in [0.2, 0.25) is 12.9 Å². The monoisotopic (exact) mass is 489 g/mol. The number of fused-ring (bicyclic) bond motifs is 1. The average molecular weight is 489 g/mol. The van der Waals surface area contributed by atoms with Crippen LogP contribution in [-0.2, 0) is 23.9 Å². The van der Waals surface area contributed by atoms with E-state index in [1.165, 1.54) is 6.92 Å². The summed E-state index contributed by atoms with van der Waals surface area (Å²) >= 11 is 0. The fourth-order valence-corrected chi connectivity index (χ4v) is 2.57. The number of hydrogen-bond donors (Lipinski definition) is 0. The molecule has 0 aromatic heterocycles. The van der Waals surface area contributed by atoms with Crippen molar-refractivity contribution in [1.82, 2.24) is 0 Å². The van der Waals surface area contributed by atoms with Gasteiger partial charge in [0.25, 0.3) is 5.09 Å². The summed E-state index contributed by atoms with van der Waals surface area (Å²) in [6, 6.07) is 1.52. The molecule has 10 nitrogen and oxygen atoms in total. The number of benzene rings is 1. The molecule has 2 rings (SSSR count). The largest absolute Gasteiger partial charge is 0.573 e. The number of carbonyl (C=O) groups excluding carboxylic acids is 2. The van der Waals surface area contributed by atoms with Gasteiger partial charge in [0.1, 0.15) is 18.1 Å². The van der Waals surface area contributed by atoms with E-state index in [4.69, 9.17) is 4.74 Å². The highest BCUT2D eigenvalue weighted by Crippen LogP contribution is 2.41.